The zero-order valence-electron chi connectivity index (χ0n) is 10.4. The number of anilines is 1. The number of hydrogen-bond donors (Lipinski definition) is 1. The van der Waals surface area contributed by atoms with Crippen molar-refractivity contribution in [2.24, 2.45) is 0 Å². The van der Waals surface area contributed by atoms with E-state index in [2.05, 4.69) is 10.3 Å². The number of nitrogens with zero attached hydrogens (tertiary/aromatic N) is 2. The fourth-order valence-corrected chi connectivity index (χ4v) is 2.02. The molecule has 1 aliphatic carbocycles. The molecule has 1 aromatic rings. The summed E-state index contributed by atoms with van der Waals surface area (Å²) >= 11 is 0. The number of carbonyl (C=O) groups excluding carboxylic acids is 1. The van der Waals surface area contributed by atoms with Gasteiger partial charge in [0.15, 0.2) is 0 Å². The van der Waals surface area contributed by atoms with Gasteiger partial charge in [0.2, 0.25) is 0 Å². The van der Waals surface area contributed by atoms with E-state index < -0.39 is 0 Å². The molecule has 0 atom stereocenters. The summed E-state index contributed by atoms with van der Waals surface area (Å²) in [5.74, 6) is 0.0963. The smallest absolute Gasteiger partial charge is 0.257 e. The summed E-state index contributed by atoms with van der Waals surface area (Å²) < 4.78 is 0. The van der Waals surface area contributed by atoms with Crippen LogP contribution >= 0.6 is 0 Å². The standard InChI is InChI=1S/C13H19N3O/c1-3-15-12-7-8-14-9-11(12)13(17)16(4-2)10-5-6-10/h7-10H,3-6H2,1-2H3,(H,14,15). The number of carbonyl (C=O) groups is 1. The molecule has 1 aromatic heterocycles. The van der Waals surface area contributed by atoms with Gasteiger partial charge in [0.25, 0.3) is 5.91 Å². The fourth-order valence-electron chi connectivity index (χ4n) is 2.02. The topological polar surface area (TPSA) is 45.2 Å². The molecule has 1 heterocycles. The average Bonchev–Trinajstić information content (AvgIpc) is 3.15. The summed E-state index contributed by atoms with van der Waals surface area (Å²) in [6.07, 6.45) is 5.64. The minimum atomic E-state index is 0.0963. The van der Waals surface area contributed by atoms with Crippen molar-refractivity contribution in [1.29, 1.82) is 0 Å². The summed E-state index contributed by atoms with van der Waals surface area (Å²) in [6, 6.07) is 2.31. The summed E-state index contributed by atoms with van der Waals surface area (Å²) in [7, 11) is 0. The first-order valence-corrected chi connectivity index (χ1v) is 6.26. The van der Waals surface area contributed by atoms with Crippen LogP contribution in [0.15, 0.2) is 18.5 Å². The van der Waals surface area contributed by atoms with E-state index in [1.165, 1.54) is 0 Å². The van der Waals surface area contributed by atoms with Gasteiger partial charge >= 0.3 is 0 Å². The lowest BCUT2D eigenvalue weighted by molar-refractivity contribution is 0.0753. The van der Waals surface area contributed by atoms with E-state index in [-0.39, 0.29) is 5.91 Å². The normalized spacial score (nSPS) is 14.5. The maximum atomic E-state index is 12.4. The molecule has 0 bridgehead atoms. The van der Waals surface area contributed by atoms with Gasteiger partial charge in [-0.1, -0.05) is 0 Å². The van der Waals surface area contributed by atoms with Gasteiger partial charge in [0, 0.05) is 31.5 Å². The number of nitrogens with one attached hydrogen (secondary N) is 1. The maximum absolute atomic E-state index is 12.4. The molecule has 0 aliphatic heterocycles. The van der Waals surface area contributed by atoms with Crippen LogP contribution in [0.2, 0.25) is 0 Å². The Kier molecular flexibility index (Phi) is 3.61. The predicted molar refractivity (Wildman–Crippen MR) is 68.1 cm³/mol. The van der Waals surface area contributed by atoms with E-state index in [4.69, 9.17) is 0 Å². The molecule has 0 aromatic carbocycles. The van der Waals surface area contributed by atoms with Crippen LogP contribution in [0, 0.1) is 0 Å². The second kappa shape index (κ2) is 5.17. The number of pyridine rings is 1. The second-order valence-corrected chi connectivity index (χ2v) is 4.27. The minimum Gasteiger partial charge on any atom is -0.385 e. The number of rotatable bonds is 5. The van der Waals surface area contributed by atoms with Crippen LogP contribution in [-0.4, -0.2) is 34.9 Å². The Hall–Kier alpha value is -1.58. The highest BCUT2D eigenvalue weighted by Crippen LogP contribution is 2.29. The molecule has 92 valence electrons. The highest BCUT2D eigenvalue weighted by molar-refractivity contribution is 5.99. The first kappa shape index (κ1) is 11.9. The van der Waals surface area contributed by atoms with E-state index in [9.17, 15) is 4.79 Å². The van der Waals surface area contributed by atoms with Crippen molar-refractivity contribution < 1.29 is 4.79 Å². The van der Waals surface area contributed by atoms with Gasteiger partial charge in [0.05, 0.1) is 11.3 Å². The summed E-state index contributed by atoms with van der Waals surface area (Å²) in [4.78, 5) is 18.4. The molecular weight excluding hydrogens is 214 g/mol. The van der Waals surface area contributed by atoms with Crippen LogP contribution < -0.4 is 5.32 Å². The lowest BCUT2D eigenvalue weighted by atomic mass is 10.2. The van der Waals surface area contributed by atoms with Crippen molar-refractivity contribution >= 4 is 11.6 Å². The largest absolute Gasteiger partial charge is 0.385 e. The average molecular weight is 233 g/mol. The van der Waals surface area contributed by atoms with Crippen molar-refractivity contribution in [3.05, 3.63) is 24.0 Å². The zero-order chi connectivity index (χ0) is 12.3. The van der Waals surface area contributed by atoms with Crippen molar-refractivity contribution in [3.63, 3.8) is 0 Å². The third-order valence-corrected chi connectivity index (χ3v) is 3.01. The molecule has 1 amide bonds. The monoisotopic (exact) mass is 233 g/mol. The van der Waals surface area contributed by atoms with Crippen LogP contribution in [0.1, 0.15) is 37.0 Å². The van der Waals surface area contributed by atoms with Gasteiger partial charge in [-0.05, 0) is 32.8 Å². The molecule has 2 rings (SSSR count). The highest BCUT2D eigenvalue weighted by Gasteiger charge is 2.32. The highest BCUT2D eigenvalue weighted by atomic mass is 16.2. The molecule has 1 aliphatic rings. The Bertz CT molecular complexity index is 401. The van der Waals surface area contributed by atoms with E-state index in [0.29, 0.717) is 11.6 Å². The zero-order valence-corrected chi connectivity index (χ0v) is 10.4. The number of aromatic nitrogens is 1. The molecular formula is C13H19N3O. The lowest BCUT2D eigenvalue weighted by Crippen LogP contribution is -2.33. The molecule has 4 heteroatoms. The van der Waals surface area contributed by atoms with Gasteiger partial charge in [-0.2, -0.15) is 0 Å². The maximum Gasteiger partial charge on any atom is 0.257 e. The number of hydrogen-bond acceptors (Lipinski definition) is 3. The molecule has 1 saturated carbocycles. The van der Waals surface area contributed by atoms with Crippen molar-refractivity contribution in [2.45, 2.75) is 32.7 Å². The van der Waals surface area contributed by atoms with Gasteiger partial charge in [0.1, 0.15) is 0 Å². The van der Waals surface area contributed by atoms with Crippen LogP contribution in [0.4, 0.5) is 5.69 Å². The van der Waals surface area contributed by atoms with E-state index >= 15 is 0 Å². The quantitative estimate of drug-likeness (QED) is 0.847. The summed E-state index contributed by atoms with van der Waals surface area (Å²) in [5.41, 5.74) is 1.56. The SMILES string of the molecule is CCNc1ccncc1C(=O)N(CC)C1CC1. The van der Waals surface area contributed by atoms with Crippen LogP contribution in [0.3, 0.4) is 0 Å². The Morgan fingerprint density at radius 3 is 2.88 bits per heavy atom. The second-order valence-electron chi connectivity index (χ2n) is 4.27. The molecule has 0 spiro atoms. The van der Waals surface area contributed by atoms with Crippen LogP contribution in [0.5, 0.6) is 0 Å². The summed E-state index contributed by atoms with van der Waals surface area (Å²) in [6.45, 7) is 5.62. The molecule has 4 nitrogen and oxygen atoms in total. The van der Waals surface area contributed by atoms with Crippen LogP contribution in [-0.2, 0) is 0 Å². The van der Waals surface area contributed by atoms with E-state index in [1.807, 2.05) is 24.8 Å². The Morgan fingerprint density at radius 1 is 1.53 bits per heavy atom. The van der Waals surface area contributed by atoms with Gasteiger partial charge in [-0.25, -0.2) is 0 Å². The lowest BCUT2D eigenvalue weighted by Gasteiger charge is -2.21. The Balaban J connectivity index is 2.22. The molecule has 1 fully saturated rings. The van der Waals surface area contributed by atoms with Crippen LogP contribution in [0.25, 0.3) is 0 Å². The van der Waals surface area contributed by atoms with Gasteiger partial charge in [-0.15, -0.1) is 0 Å². The predicted octanol–water partition coefficient (Wildman–Crippen LogP) is 2.14. The third kappa shape index (κ3) is 2.57. The Morgan fingerprint density at radius 2 is 2.29 bits per heavy atom. The Labute approximate surface area is 102 Å². The molecule has 17 heavy (non-hydrogen) atoms. The number of amides is 1. The molecule has 0 saturated heterocycles. The van der Waals surface area contributed by atoms with Crippen molar-refractivity contribution in [1.82, 2.24) is 9.88 Å². The third-order valence-electron chi connectivity index (χ3n) is 3.01. The molecule has 0 radical (unpaired) electrons. The van der Waals surface area contributed by atoms with Gasteiger partial charge < -0.3 is 10.2 Å². The van der Waals surface area contributed by atoms with Crippen molar-refractivity contribution in [3.8, 4) is 0 Å². The van der Waals surface area contributed by atoms with E-state index in [1.54, 1.807) is 12.4 Å². The van der Waals surface area contributed by atoms with E-state index in [0.717, 1.165) is 31.6 Å². The molecule has 0 unspecified atom stereocenters. The summed E-state index contributed by atoms with van der Waals surface area (Å²) in [5, 5.41) is 3.21. The minimum absolute atomic E-state index is 0.0963. The van der Waals surface area contributed by atoms with Crippen molar-refractivity contribution in [2.75, 3.05) is 18.4 Å². The first-order valence-electron chi connectivity index (χ1n) is 6.26. The van der Waals surface area contributed by atoms with Gasteiger partial charge in [-0.3, -0.25) is 9.78 Å². The molecule has 1 N–H and O–H groups in total. The first-order chi connectivity index (χ1) is 8.27. The fraction of sp³-hybridized carbons (Fsp3) is 0.538.